The molecule has 0 atom stereocenters. The van der Waals surface area contributed by atoms with Crippen molar-refractivity contribution in [3.8, 4) is 0 Å². The van der Waals surface area contributed by atoms with Crippen molar-refractivity contribution in [1.29, 1.82) is 0 Å². The molecule has 142 valence electrons. The molecule has 0 aromatic carbocycles. The molecule has 3 rings (SSSR count). The fourth-order valence-electron chi connectivity index (χ4n) is 3.18. The van der Waals surface area contributed by atoms with E-state index in [1.165, 1.54) is 5.70 Å². The van der Waals surface area contributed by atoms with Crippen molar-refractivity contribution in [2.75, 3.05) is 26.3 Å². The SMILES string of the molecule is C=C(/C=C(\C)N1CCOCC1)N1C=C(C)C=C(NCc2ccccn2)C1=C. The van der Waals surface area contributed by atoms with Gasteiger partial charge in [0.25, 0.3) is 0 Å². The lowest BCUT2D eigenvalue weighted by Gasteiger charge is -2.32. The Morgan fingerprint density at radius 3 is 2.81 bits per heavy atom. The highest BCUT2D eigenvalue weighted by molar-refractivity contribution is 5.43. The quantitative estimate of drug-likeness (QED) is 0.782. The van der Waals surface area contributed by atoms with Gasteiger partial charge in [-0.15, -0.1) is 0 Å². The lowest BCUT2D eigenvalue weighted by atomic mass is 10.1. The molecule has 1 aromatic heterocycles. The van der Waals surface area contributed by atoms with E-state index in [2.05, 4.69) is 60.6 Å². The number of rotatable bonds is 6. The molecule has 0 saturated carbocycles. The Labute approximate surface area is 162 Å². The summed E-state index contributed by atoms with van der Waals surface area (Å²) >= 11 is 0. The number of aromatic nitrogens is 1. The van der Waals surface area contributed by atoms with Gasteiger partial charge in [0.15, 0.2) is 0 Å². The van der Waals surface area contributed by atoms with Crippen molar-refractivity contribution in [3.05, 3.63) is 90.0 Å². The molecule has 0 amide bonds. The fraction of sp³-hybridized carbons (Fsp3) is 0.318. The molecule has 5 heteroatoms. The molecule has 1 N–H and O–H groups in total. The zero-order valence-electron chi connectivity index (χ0n) is 16.2. The number of hydrogen-bond donors (Lipinski definition) is 1. The Morgan fingerprint density at radius 1 is 1.33 bits per heavy atom. The maximum absolute atomic E-state index is 5.43. The number of allylic oxidation sites excluding steroid dienone is 4. The zero-order chi connectivity index (χ0) is 19.2. The molecule has 2 aliphatic heterocycles. The summed E-state index contributed by atoms with van der Waals surface area (Å²) < 4.78 is 5.43. The number of nitrogens with one attached hydrogen (secondary N) is 1. The van der Waals surface area contributed by atoms with Gasteiger partial charge >= 0.3 is 0 Å². The van der Waals surface area contributed by atoms with Crippen LogP contribution in [-0.2, 0) is 11.3 Å². The monoisotopic (exact) mass is 364 g/mol. The van der Waals surface area contributed by atoms with E-state index < -0.39 is 0 Å². The summed E-state index contributed by atoms with van der Waals surface area (Å²) in [5.41, 5.74) is 6.09. The number of ether oxygens (including phenoxy) is 1. The van der Waals surface area contributed by atoms with Crippen LogP contribution in [0.2, 0.25) is 0 Å². The lowest BCUT2D eigenvalue weighted by Crippen LogP contribution is -2.35. The largest absolute Gasteiger partial charge is 0.378 e. The Hall–Kier alpha value is -2.79. The Kier molecular flexibility index (Phi) is 6.14. The summed E-state index contributed by atoms with van der Waals surface area (Å²) in [4.78, 5) is 8.73. The van der Waals surface area contributed by atoms with Crippen LogP contribution >= 0.6 is 0 Å². The number of hydrogen-bond acceptors (Lipinski definition) is 5. The predicted molar refractivity (Wildman–Crippen MR) is 109 cm³/mol. The first kappa shape index (κ1) is 19.0. The average molecular weight is 364 g/mol. The van der Waals surface area contributed by atoms with Crippen LogP contribution in [0.4, 0.5) is 0 Å². The highest BCUT2D eigenvalue weighted by atomic mass is 16.5. The predicted octanol–water partition coefficient (Wildman–Crippen LogP) is 3.54. The van der Waals surface area contributed by atoms with Crippen molar-refractivity contribution in [2.24, 2.45) is 0 Å². The van der Waals surface area contributed by atoms with Gasteiger partial charge in [0.2, 0.25) is 0 Å². The molecule has 3 heterocycles. The van der Waals surface area contributed by atoms with Gasteiger partial charge in [0.1, 0.15) is 0 Å². The van der Waals surface area contributed by atoms with Crippen LogP contribution in [0.25, 0.3) is 0 Å². The average Bonchev–Trinajstić information content (AvgIpc) is 2.69. The first-order valence-corrected chi connectivity index (χ1v) is 9.27. The fourth-order valence-corrected chi connectivity index (χ4v) is 3.18. The van der Waals surface area contributed by atoms with Crippen LogP contribution in [0, 0.1) is 0 Å². The Morgan fingerprint density at radius 2 is 2.11 bits per heavy atom. The zero-order valence-corrected chi connectivity index (χ0v) is 16.2. The molecule has 2 aliphatic rings. The molecular weight excluding hydrogens is 336 g/mol. The van der Waals surface area contributed by atoms with Crippen molar-refractivity contribution in [3.63, 3.8) is 0 Å². The highest BCUT2D eigenvalue weighted by Gasteiger charge is 2.18. The smallest absolute Gasteiger partial charge is 0.0642 e. The molecule has 1 fully saturated rings. The third kappa shape index (κ3) is 4.89. The van der Waals surface area contributed by atoms with E-state index in [1.54, 1.807) is 6.20 Å². The molecule has 27 heavy (non-hydrogen) atoms. The first-order chi connectivity index (χ1) is 13.0. The van der Waals surface area contributed by atoms with E-state index in [4.69, 9.17) is 4.74 Å². The van der Waals surface area contributed by atoms with E-state index in [0.717, 1.165) is 54.7 Å². The molecule has 0 bridgehead atoms. The summed E-state index contributed by atoms with van der Waals surface area (Å²) in [6, 6.07) is 5.92. The van der Waals surface area contributed by atoms with Crippen molar-refractivity contribution in [2.45, 2.75) is 20.4 Å². The van der Waals surface area contributed by atoms with Gasteiger partial charge in [0, 0.05) is 36.9 Å². The maximum atomic E-state index is 5.43. The van der Waals surface area contributed by atoms with Gasteiger partial charge in [-0.25, -0.2) is 0 Å². The number of nitrogens with zero attached hydrogens (tertiary/aromatic N) is 3. The summed E-state index contributed by atoms with van der Waals surface area (Å²) in [5, 5.41) is 3.45. The van der Waals surface area contributed by atoms with Gasteiger partial charge in [-0.3, -0.25) is 4.98 Å². The third-order valence-electron chi connectivity index (χ3n) is 4.69. The minimum Gasteiger partial charge on any atom is -0.378 e. The van der Waals surface area contributed by atoms with Crippen LogP contribution < -0.4 is 5.32 Å². The second kappa shape index (κ2) is 8.73. The molecule has 1 saturated heterocycles. The summed E-state index contributed by atoms with van der Waals surface area (Å²) in [6.45, 7) is 16.8. The summed E-state index contributed by atoms with van der Waals surface area (Å²) in [7, 11) is 0. The minimum atomic E-state index is 0.655. The van der Waals surface area contributed by atoms with Crippen LogP contribution in [0.1, 0.15) is 19.5 Å². The Balaban J connectivity index is 1.68. The van der Waals surface area contributed by atoms with Crippen LogP contribution in [0.5, 0.6) is 0 Å². The first-order valence-electron chi connectivity index (χ1n) is 9.27. The second-order valence-electron chi connectivity index (χ2n) is 6.80. The number of pyridine rings is 1. The van der Waals surface area contributed by atoms with Gasteiger partial charge in [-0.2, -0.15) is 0 Å². The molecular formula is C22H28N4O. The van der Waals surface area contributed by atoms with Gasteiger partial charge in [0.05, 0.1) is 36.8 Å². The second-order valence-corrected chi connectivity index (χ2v) is 6.80. The molecule has 5 nitrogen and oxygen atoms in total. The lowest BCUT2D eigenvalue weighted by molar-refractivity contribution is 0.0537. The Bertz CT molecular complexity index is 786. The molecule has 1 aromatic rings. The van der Waals surface area contributed by atoms with Crippen LogP contribution in [-0.4, -0.2) is 41.1 Å². The summed E-state index contributed by atoms with van der Waals surface area (Å²) in [5.74, 6) is 0. The minimum absolute atomic E-state index is 0.655. The topological polar surface area (TPSA) is 40.6 Å². The summed E-state index contributed by atoms with van der Waals surface area (Å²) in [6.07, 6.45) is 8.09. The normalized spacial score (nSPS) is 18.1. The van der Waals surface area contributed by atoms with E-state index in [1.807, 2.05) is 23.1 Å². The highest BCUT2D eigenvalue weighted by Crippen LogP contribution is 2.26. The van der Waals surface area contributed by atoms with Crippen molar-refractivity contribution >= 4 is 0 Å². The molecule has 0 radical (unpaired) electrons. The van der Waals surface area contributed by atoms with E-state index in [0.29, 0.717) is 6.54 Å². The van der Waals surface area contributed by atoms with Crippen LogP contribution in [0.3, 0.4) is 0 Å². The maximum Gasteiger partial charge on any atom is 0.0642 e. The number of morpholine rings is 1. The van der Waals surface area contributed by atoms with Gasteiger partial charge in [-0.05, 0) is 43.7 Å². The van der Waals surface area contributed by atoms with E-state index in [-0.39, 0.29) is 0 Å². The molecule has 0 unspecified atom stereocenters. The molecule has 0 aliphatic carbocycles. The van der Waals surface area contributed by atoms with Crippen molar-refractivity contribution in [1.82, 2.24) is 20.1 Å². The van der Waals surface area contributed by atoms with Gasteiger partial charge in [-0.1, -0.05) is 19.2 Å². The van der Waals surface area contributed by atoms with E-state index >= 15 is 0 Å². The third-order valence-corrected chi connectivity index (χ3v) is 4.69. The standard InChI is InChI=1S/C22H28N4O/c1-17-13-22(24-15-21-7-5-6-8-23-21)20(4)26(16-17)19(3)14-18(2)25-9-11-27-12-10-25/h5-8,13-14,16,24H,3-4,9-12,15H2,1-2H3/b18-14+. The van der Waals surface area contributed by atoms with Crippen LogP contribution in [0.15, 0.2) is 84.3 Å². The van der Waals surface area contributed by atoms with Crippen molar-refractivity contribution < 1.29 is 4.74 Å². The molecule has 0 spiro atoms. The van der Waals surface area contributed by atoms with Gasteiger partial charge < -0.3 is 19.9 Å². The van der Waals surface area contributed by atoms with E-state index in [9.17, 15) is 0 Å².